The quantitative estimate of drug-likeness (QED) is 0.298. The van der Waals surface area contributed by atoms with Crippen LogP contribution in [0.4, 0.5) is 5.69 Å². The van der Waals surface area contributed by atoms with E-state index >= 15 is 0 Å². The van der Waals surface area contributed by atoms with Gasteiger partial charge < -0.3 is 4.90 Å². The van der Waals surface area contributed by atoms with E-state index in [-0.39, 0.29) is 5.04 Å². The van der Waals surface area contributed by atoms with E-state index in [1.165, 1.54) is 60.2 Å². The molecule has 0 radical (unpaired) electrons. The highest BCUT2D eigenvalue weighted by Gasteiger charge is 2.56. The van der Waals surface area contributed by atoms with Crippen LogP contribution in [-0.4, -0.2) is 22.2 Å². The average molecular weight is 480 g/mol. The lowest BCUT2D eigenvalue weighted by atomic mass is 10.0. The molecule has 1 aliphatic rings. The number of anilines is 1. The van der Waals surface area contributed by atoms with Crippen LogP contribution in [0.2, 0.25) is 5.04 Å². The van der Waals surface area contributed by atoms with E-state index < -0.39 is 8.07 Å². The molecule has 0 bridgehead atoms. The largest absolute Gasteiger partial charge is 0.378 e. The summed E-state index contributed by atoms with van der Waals surface area (Å²) in [5.74, 6) is 0. The Labute approximate surface area is 214 Å². The number of benzene rings is 3. The fourth-order valence-electron chi connectivity index (χ4n) is 6.52. The SMILES string of the molecule is CC1=CC(C)([Si](c2cc(C)cc(C)c2)(c2cc(C)cc(C)c2)c2cccc(N(C)C)c2)C(C)=C1C. The van der Waals surface area contributed by atoms with E-state index in [9.17, 15) is 0 Å². The summed E-state index contributed by atoms with van der Waals surface area (Å²) in [5, 5.41) is 4.37. The van der Waals surface area contributed by atoms with Gasteiger partial charge in [-0.15, -0.1) is 0 Å². The van der Waals surface area contributed by atoms with Crippen LogP contribution in [0.25, 0.3) is 0 Å². The first-order chi connectivity index (χ1) is 16.4. The fraction of sp³-hybridized carbons (Fsp3) is 0.333. The summed E-state index contributed by atoms with van der Waals surface area (Å²) in [6.45, 7) is 18.5. The maximum absolute atomic E-state index is 2.63. The Bertz CT molecular complexity index is 1270. The van der Waals surface area contributed by atoms with Gasteiger partial charge in [0.25, 0.3) is 0 Å². The molecule has 0 spiro atoms. The van der Waals surface area contributed by atoms with E-state index in [1.54, 1.807) is 0 Å². The van der Waals surface area contributed by atoms with Gasteiger partial charge in [-0.3, -0.25) is 0 Å². The third-order valence-corrected chi connectivity index (χ3v) is 13.9. The third-order valence-electron chi connectivity index (χ3n) is 8.32. The lowest BCUT2D eigenvalue weighted by Gasteiger charge is -2.47. The summed E-state index contributed by atoms with van der Waals surface area (Å²) in [4.78, 5) is 2.23. The second kappa shape index (κ2) is 8.99. The molecule has 182 valence electrons. The Balaban J connectivity index is 2.28. The van der Waals surface area contributed by atoms with Crippen molar-refractivity contribution < 1.29 is 0 Å². The summed E-state index contributed by atoms with van der Waals surface area (Å²) in [5.41, 5.74) is 11.0. The predicted molar refractivity (Wildman–Crippen MR) is 158 cm³/mol. The van der Waals surface area contributed by atoms with Crippen molar-refractivity contribution in [3.8, 4) is 0 Å². The van der Waals surface area contributed by atoms with Crippen molar-refractivity contribution in [2.24, 2.45) is 0 Å². The summed E-state index contributed by atoms with van der Waals surface area (Å²) in [6.07, 6.45) is 2.60. The van der Waals surface area contributed by atoms with Gasteiger partial charge in [-0.05, 0) is 81.7 Å². The standard InChI is InChI=1S/C33H41NSi/c1-22-14-23(2)17-31(16-22)35(32-18-24(3)15-25(4)19-32,30-13-11-12-29(20-30)34(9)10)33(8)21-26(5)27(6)28(33)7/h11-21H,1-10H3. The zero-order valence-corrected chi connectivity index (χ0v) is 24.3. The number of aryl methyl sites for hydroxylation is 4. The van der Waals surface area contributed by atoms with Crippen molar-refractivity contribution in [2.45, 2.75) is 60.4 Å². The highest BCUT2D eigenvalue weighted by molar-refractivity contribution is 7.14. The van der Waals surface area contributed by atoms with E-state index in [0.717, 1.165) is 0 Å². The van der Waals surface area contributed by atoms with Gasteiger partial charge in [0.05, 0.1) is 0 Å². The molecule has 0 fully saturated rings. The zero-order valence-electron chi connectivity index (χ0n) is 23.3. The van der Waals surface area contributed by atoms with Crippen molar-refractivity contribution in [3.05, 3.63) is 106 Å². The minimum Gasteiger partial charge on any atom is -0.378 e. The Morgan fingerprint density at radius 3 is 1.51 bits per heavy atom. The van der Waals surface area contributed by atoms with Gasteiger partial charge in [-0.1, -0.05) is 94.9 Å². The van der Waals surface area contributed by atoms with Crippen molar-refractivity contribution in [1.82, 2.24) is 0 Å². The lowest BCUT2D eigenvalue weighted by Crippen LogP contribution is -2.73. The highest BCUT2D eigenvalue weighted by atomic mass is 28.3. The monoisotopic (exact) mass is 479 g/mol. The van der Waals surface area contributed by atoms with Crippen LogP contribution in [-0.2, 0) is 0 Å². The van der Waals surface area contributed by atoms with Crippen LogP contribution in [0.3, 0.4) is 0 Å². The van der Waals surface area contributed by atoms with Gasteiger partial charge in [0, 0.05) is 24.8 Å². The van der Waals surface area contributed by atoms with Gasteiger partial charge in [0.1, 0.15) is 0 Å². The number of nitrogens with zero attached hydrogens (tertiary/aromatic N) is 1. The number of rotatable bonds is 5. The van der Waals surface area contributed by atoms with Gasteiger partial charge in [-0.25, -0.2) is 0 Å². The maximum atomic E-state index is 2.60. The number of hydrogen-bond donors (Lipinski definition) is 0. The average Bonchev–Trinajstić information content (AvgIpc) is 2.96. The van der Waals surface area contributed by atoms with E-state index in [2.05, 4.69) is 141 Å². The Hall–Kier alpha value is -2.84. The van der Waals surface area contributed by atoms with Crippen LogP contribution in [0.1, 0.15) is 49.9 Å². The van der Waals surface area contributed by atoms with Gasteiger partial charge >= 0.3 is 0 Å². The molecule has 1 unspecified atom stereocenters. The Kier molecular flexibility index (Phi) is 6.48. The molecule has 35 heavy (non-hydrogen) atoms. The normalized spacial score (nSPS) is 18.2. The second-order valence-corrected chi connectivity index (χ2v) is 15.5. The molecule has 0 aromatic heterocycles. The van der Waals surface area contributed by atoms with E-state index in [4.69, 9.17) is 0 Å². The van der Waals surface area contributed by atoms with Crippen molar-refractivity contribution in [1.29, 1.82) is 0 Å². The Morgan fingerprint density at radius 1 is 0.629 bits per heavy atom. The summed E-state index contributed by atoms with van der Waals surface area (Å²) < 4.78 is 0. The molecule has 0 N–H and O–H groups in total. The first-order valence-electron chi connectivity index (χ1n) is 12.7. The summed E-state index contributed by atoms with van der Waals surface area (Å²) in [6, 6.07) is 23.9. The van der Waals surface area contributed by atoms with Crippen molar-refractivity contribution in [3.63, 3.8) is 0 Å². The van der Waals surface area contributed by atoms with Crippen LogP contribution in [0.5, 0.6) is 0 Å². The van der Waals surface area contributed by atoms with Gasteiger partial charge in [0.15, 0.2) is 8.07 Å². The Morgan fingerprint density at radius 2 is 1.11 bits per heavy atom. The molecular weight excluding hydrogens is 438 g/mol. The zero-order chi connectivity index (χ0) is 25.7. The van der Waals surface area contributed by atoms with Gasteiger partial charge in [-0.2, -0.15) is 0 Å². The number of hydrogen-bond acceptors (Lipinski definition) is 1. The molecule has 0 saturated carbocycles. The summed E-state index contributed by atoms with van der Waals surface area (Å²) >= 11 is 0. The molecule has 3 aromatic carbocycles. The molecule has 0 heterocycles. The molecular formula is C33H41NSi. The van der Waals surface area contributed by atoms with Crippen LogP contribution >= 0.6 is 0 Å². The van der Waals surface area contributed by atoms with E-state index in [0.29, 0.717) is 0 Å². The molecule has 1 nitrogen and oxygen atoms in total. The van der Waals surface area contributed by atoms with Crippen LogP contribution in [0.15, 0.2) is 83.5 Å². The second-order valence-electron chi connectivity index (χ2n) is 11.2. The van der Waals surface area contributed by atoms with Gasteiger partial charge in [0.2, 0.25) is 0 Å². The number of allylic oxidation sites excluding steroid dienone is 4. The molecule has 0 aliphatic heterocycles. The van der Waals surface area contributed by atoms with Crippen molar-refractivity contribution >= 4 is 29.3 Å². The molecule has 0 saturated heterocycles. The fourth-order valence-corrected chi connectivity index (χ4v) is 13.0. The lowest BCUT2D eigenvalue weighted by molar-refractivity contribution is 0.870. The molecule has 0 amide bonds. The molecule has 4 rings (SSSR count). The minimum absolute atomic E-state index is 0.0907. The summed E-state index contributed by atoms with van der Waals surface area (Å²) in [7, 11) is 1.67. The first kappa shape index (κ1) is 25.3. The predicted octanol–water partition coefficient (Wildman–Crippen LogP) is 6.51. The molecule has 1 aliphatic carbocycles. The maximum Gasteiger partial charge on any atom is 0.161 e. The minimum atomic E-state index is -2.63. The first-order valence-corrected chi connectivity index (χ1v) is 14.7. The highest BCUT2D eigenvalue weighted by Crippen LogP contribution is 2.53. The van der Waals surface area contributed by atoms with Crippen molar-refractivity contribution in [2.75, 3.05) is 19.0 Å². The van der Waals surface area contributed by atoms with Crippen LogP contribution in [0, 0.1) is 27.7 Å². The topological polar surface area (TPSA) is 3.24 Å². The smallest absolute Gasteiger partial charge is 0.161 e. The van der Waals surface area contributed by atoms with Crippen LogP contribution < -0.4 is 20.5 Å². The van der Waals surface area contributed by atoms with E-state index in [1.807, 2.05) is 0 Å². The molecule has 2 heteroatoms. The molecule has 1 atom stereocenters. The molecule has 3 aromatic rings. The third kappa shape index (κ3) is 4.02.